The Morgan fingerprint density at radius 2 is 1.75 bits per heavy atom. The molecular formula is C18H33NO. The molecule has 20 heavy (non-hydrogen) atoms. The maximum Gasteiger partial charge on any atom is 0.225 e. The molecule has 0 aromatic heterocycles. The van der Waals surface area contributed by atoms with Crippen molar-refractivity contribution in [2.24, 2.45) is 23.2 Å². The monoisotopic (exact) mass is 279 g/mol. The Morgan fingerprint density at radius 3 is 2.40 bits per heavy atom. The minimum Gasteiger partial charge on any atom is -0.342 e. The molecule has 0 unspecified atom stereocenters. The summed E-state index contributed by atoms with van der Waals surface area (Å²) in [6.45, 7) is 11.3. The Hall–Kier alpha value is -0.530. The summed E-state index contributed by atoms with van der Waals surface area (Å²) in [4.78, 5) is 14.9. The molecule has 1 saturated heterocycles. The van der Waals surface area contributed by atoms with Crippen molar-refractivity contribution in [1.29, 1.82) is 0 Å². The van der Waals surface area contributed by atoms with Crippen LogP contribution >= 0.6 is 0 Å². The van der Waals surface area contributed by atoms with Crippen molar-refractivity contribution in [3.8, 4) is 0 Å². The molecule has 0 aromatic rings. The lowest BCUT2D eigenvalue weighted by Gasteiger charge is -2.32. The van der Waals surface area contributed by atoms with Gasteiger partial charge in [0.25, 0.3) is 0 Å². The van der Waals surface area contributed by atoms with E-state index in [1.165, 1.54) is 32.1 Å². The van der Waals surface area contributed by atoms with Crippen LogP contribution in [0.25, 0.3) is 0 Å². The third-order valence-corrected chi connectivity index (χ3v) is 5.55. The molecule has 2 fully saturated rings. The van der Waals surface area contributed by atoms with Crippen molar-refractivity contribution in [1.82, 2.24) is 4.90 Å². The third-order valence-electron chi connectivity index (χ3n) is 5.55. The number of hydrogen-bond donors (Lipinski definition) is 0. The maximum atomic E-state index is 12.7. The van der Waals surface area contributed by atoms with E-state index in [4.69, 9.17) is 0 Å². The van der Waals surface area contributed by atoms with E-state index in [9.17, 15) is 4.79 Å². The highest BCUT2D eigenvalue weighted by Crippen LogP contribution is 2.35. The molecule has 0 radical (unpaired) electrons. The number of carbonyl (C=O) groups is 1. The van der Waals surface area contributed by atoms with Crippen LogP contribution in [0.3, 0.4) is 0 Å². The van der Waals surface area contributed by atoms with Gasteiger partial charge in [-0.15, -0.1) is 0 Å². The van der Waals surface area contributed by atoms with Gasteiger partial charge in [-0.25, -0.2) is 0 Å². The van der Waals surface area contributed by atoms with Gasteiger partial charge in [-0.1, -0.05) is 40.5 Å². The molecule has 2 nitrogen and oxygen atoms in total. The molecule has 2 aliphatic rings. The van der Waals surface area contributed by atoms with E-state index in [0.29, 0.717) is 17.2 Å². The molecule has 2 heteroatoms. The fourth-order valence-electron chi connectivity index (χ4n) is 4.10. The van der Waals surface area contributed by atoms with Crippen LogP contribution in [0.4, 0.5) is 0 Å². The second-order valence-corrected chi connectivity index (χ2v) is 8.29. The molecule has 1 heterocycles. The van der Waals surface area contributed by atoms with Crippen LogP contribution in [-0.4, -0.2) is 23.9 Å². The number of carbonyl (C=O) groups excluding carboxylic acids is 1. The predicted octanol–water partition coefficient (Wildman–Crippen LogP) is 4.49. The lowest BCUT2D eigenvalue weighted by atomic mass is 9.77. The molecule has 0 aromatic carbocycles. The highest BCUT2D eigenvalue weighted by Gasteiger charge is 2.32. The van der Waals surface area contributed by atoms with Crippen LogP contribution in [0.1, 0.15) is 72.6 Å². The summed E-state index contributed by atoms with van der Waals surface area (Å²) in [7, 11) is 0. The Morgan fingerprint density at radius 1 is 1.00 bits per heavy atom. The van der Waals surface area contributed by atoms with Crippen LogP contribution in [0.5, 0.6) is 0 Å². The van der Waals surface area contributed by atoms with E-state index < -0.39 is 0 Å². The van der Waals surface area contributed by atoms with Gasteiger partial charge < -0.3 is 4.90 Å². The van der Waals surface area contributed by atoms with Gasteiger partial charge in [-0.3, -0.25) is 4.79 Å². The number of likely N-dealkylation sites (tertiary alicyclic amines) is 1. The molecular weight excluding hydrogens is 246 g/mol. The predicted molar refractivity (Wildman–Crippen MR) is 84.5 cm³/mol. The van der Waals surface area contributed by atoms with Gasteiger partial charge in [-0.2, -0.15) is 0 Å². The van der Waals surface area contributed by atoms with Gasteiger partial charge in [0.2, 0.25) is 5.91 Å². The van der Waals surface area contributed by atoms with Crippen molar-refractivity contribution >= 4 is 5.91 Å². The standard InChI is InChI=1S/C18H33NO/c1-14-7-5-8-15(13-14)17(20)19-11-6-9-16(10-12-19)18(2,3)4/h14-16H,5-13H2,1-4H3/t14-,15+,16+/m1/s1. The van der Waals surface area contributed by atoms with Crippen molar-refractivity contribution < 1.29 is 4.79 Å². The van der Waals surface area contributed by atoms with Crippen molar-refractivity contribution in [3.63, 3.8) is 0 Å². The van der Waals surface area contributed by atoms with E-state index in [2.05, 4.69) is 32.6 Å². The van der Waals surface area contributed by atoms with Gasteiger partial charge in [0.15, 0.2) is 0 Å². The highest BCUT2D eigenvalue weighted by molar-refractivity contribution is 5.79. The summed E-state index contributed by atoms with van der Waals surface area (Å²) in [5.74, 6) is 2.30. The Kier molecular flexibility index (Phi) is 5.14. The van der Waals surface area contributed by atoms with E-state index in [-0.39, 0.29) is 0 Å². The summed E-state index contributed by atoms with van der Waals surface area (Å²) in [6, 6.07) is 0. The van der Waals surface area contributed by atoms with Crippen molar-refractivity contribution in [2.75, 3.05) is 13.1 Å². The summed E-state index contributed by atoms with van der Waals surface area (Å²) in [5, 5.41) is 0. The van der Waals surface area contributed by atoms with Gasteiger partial charge in [0.05, 0.1) is 0 Å². The number of rotatable bonds is 1. The Labute approximate surface area is 125 Å². The first kappa shape index (κ1) is 15.9. The SMILES string of the molecule is C[C@@H]1CCC[C@H](C(=O)N2CCC[C@H](C(C)(C)C)CC2)C1. The Bertz CT molecular complexity index is 331. The third kappa shape index (κ3) is 3.99. The lowest BCUT2D eigenvalue weighted by Crippen LogP contribution is -2.38. The summed E-state index contributed by atoms with van der Waals surface area (Å²) < 4.78 is 0. The Balaban J connectivity index is 1.91. The fraction of sp³-hybridized carbons (Fsp3) is 0.944. The van der Waals surface area contributed by atoms with E-state index in [0.717, 1.165) is 37.8 Å². The van der Waals surface area contributed by atoms with E-state index in [1.54, 1.807) is 0 Å². The first-order valence-corrected chi connectivity index (χ1v) is 8.66. The second kappa shape index (κ2) is 6.49. The molecule has 1 saturated carbocycles. The second-order valence-electron chi connectivity index (χ2n) is 8.29. The van der Waals surface area contributed by atoms with Gasteiger partial charge in [0.1, 0.15) is 0 Å². The molecule has 2 rings (SSSR count). The van der Waals surface area contributed by atoms with Gasteiger partial charge in [0, 0.05) is 19.0 Å². The van der Waals surface area contributed by atoms with Gasteiger partial charge in [-0.05, 0) is 49.4 Å². The normalized spacial score (nSPS) is 32.8. The molecule has 1 amide bonds. The molecule has 116 valence electrons. The molecule has 0 spiro atoms. The van der Waals surface area contributed by atoms with Crippen LogP contribution in [-0.2, 0) is 4.79 Å². The number of amides is 1. The number of hydrogen-bond acceptors (Lipinski definition) is 1. The zero-order valence-electron chi connectivity index (χ0n) is 14.0. The fourth-order valence-corrected chi connectivity index (χ4v) is 4.10. The average Bonchev–Trinajstić information content (AvgIpc) is 2.63. The first-order valence-electron chi connectivity index (χ1n) is 8.66. The average molecular weight is 279 g/mol. The van der Waals surface area contributed by atoms with E-state index >= 15 is 0 Å². The lowest BCUT2D eigenvalue weighted by molar-refractivity contribution is -0.137. The summed E-state index contributed by atoms with van der Waals surface area (Å²) >= 11 is 0. The van der Waals surface area contributed by atoms with Gasteiger partial charge >= 0.3 is 0 Å². The summed E-state index contributed by atoms with van der Waals surface area (Å²) in [5.41, 5.74) is 0.387. The van der Waals surface area contributed by atoms with Crippen LogP contribution < -0.4 is 0 Å². The zero-order valence-corrected chi connectivity index (χ0v) is 14.0. The quantitative estimate of drug-likeness (QED) is 0.692. The van der Waals surface area contributed by atoms with Crippen LogP contribution in [0.2, 0.25) is 0 Å². The minimum atomic E-state index is 0.324. The van der Waals surface area contributed by atoms with Crippen molar-refractivity contribution in [2.45, 2.75) is 72.6 Å². The maximum absolute atomic E-state index is 12.7. The molecule has 1 aliphatic carbocycles. The topological polar surface area (TPSA) is 20.3 Å². The summed E-state index contributed by atoms with van der Waals surface area (Å²) in [6.07, 6.45) is 8.48. The number of nitrogens with zero attached hydrogens (tertiary/aromatic N) is 1. The molecule has 3 atom stereocenters. The van der Waals surface area contributed by atoms with Crippen LogP contribution in [0.15, 0.2) is 0 Å². The largest absolute Gasteiger partial charge is 0.342 e. The van der Waals surface area contributed by atoms with Crippen molar-refractivity contribution in [3.05, 3.63) is 0 Å². The molecule has 0 N–H and O–H groups in total. The minimum absolute atomic E-state index is 0.324. The highest BCUT2D eigenvalue weighted by atomic mass is 16.2. The molecule has 1 aliphatic heterocycles. The van der Waals surface area contributed by atoms with Crippen LogP contribution in [0, 0.1) is 23.2 Å². The first-order chi connectivity index (χ1) is 9.38. The zero-order chi connectivity index (χ0) is 14.8. The smallest absolute Gasteiger partial charge is 0.225 e. The van der Waals surface area contributed by atoms with E-state index in [1.807, 2.05) is 0 Å². The molecule has 0 bridgehead atoms.